The second-order valence-electron chi connectivity index (χ2n) is 7.34. The Labute approximate surface area is 188 Å². The molecule has 0 aromatic heterocycles. The number of halogens is 2. The van der Waals surface area contributed by atoms with Gasteiger partial charge in [0.05, 0.1) is 12.1 Å². The smallest absolute Gasteiger partial charge is 0.129 e. The fourth-order valence-electron chi connectivity index (χ4n) is 3.49. The Morgan fingerprint density at radius 2 is 1.48 bits per heavy atom. The lowest BCUT2D eigenvalue weighted by Gasteiger charge is -2.20. The summed E-state index contributed by atoms with van der Waals surface area (Å²) >= 11 is 7.06. The van der Waals surface area contributed by atoms with Crippen LogP contribution in [0.3, 0.4) is 0 Å². The molecule has 5 heteroatoms. The number of nitrogens with one attached hydrogen (secondary N) is 1. The average molecular weight is 514 g/mol. The molecular formula is C24H22Br2N2O. The summed E-state index contributed by atoms with van der Waals surface area (Å²) in [6.45, 7) is 4.07. The van der Waals surface area contributed by atoms with Crippen LogP contribution in [0.25, 0.3) is 0 Å². The van der Waals surface area contributed by atoms with E-state index in [0.717, 1.165) is 26.1 Å². The van der Waals surface area contributed by atoms with E-state index in [2.05, 4.69) is 97.8 Å². The van der Waals surface area contributed by atoms with Gasteiger partial charge in [-0.2, -0.15) is 0 Å². The van der Waals surface area contributed by atoms with E-state index in [9.17, 15) is 0 Å². The lowest BCUT2D eigenvalue weighted by atomic mass is 9.95. The van der Waals surface area contributed by atoms with Crippen molar-refractivity contribution in [3.05, 3.63) is 98.4 Å². The molecule has 1 heterocycles. The van der Waals surface area contributed by atoms with Gasteiger partial charge in [0.15, 0.2) is 0 Å². The minimum atomic E-state index is -0.00560. The summed E-state index contributed by atoms with van der Waals surface area (Å²) in [5, 5.41) is 3.65. The lowest BCUT2D eigenvalue weighted by molar-refractivity contribution is 0.242. The summed E-state index contributed by atoms with van der Waals surface area (Å²) in [6, 6.07) is 25.0. The van der Waals surface area contributed by atoms with Crippen molar-refractivity contribution in [3.63, 3.8) is 0 Å². The summed E-state index contributed by atoms with van der Waals surface area (Å²) in [5.74, 6) is 1.74. The Morgan fingerprint density at radius 1 is 0.862 bits per heavy atom. The molecule has 0 amide bonds. The number of nitrogens with zero attached hydrogens (tertiary/aromatic N) is 1. The first kappa shape index (κ1) is 20.2. The molecule has 3 aromatic rings. The van der Waals surface area contributed by atoms with Gasteiger partial charge in [-0.05, 0) is 61.4 Å². The molecule has 3 nitrogen and oxygen atoms in total. The Hall–Kier alpha value is -2.11. The predicted molar refractivity (Wildman–Crippen MR) is 126 cm³/mol. The highest BCUT2D eigenvalue weighted by atomic mass is 79.9. The van der Waals surface area contributed by atoms with Crippen molar-refractivity contribution in [2.75, 3.05) is 0 Å². The maximum atomic E-state index is 5.87. The van der Waals surface area contributed by atoms with Crippen LogP contribution in [0.1, 0.15) is 42.6 Å². The molecule has 2 unspecified atom stereocenters. The van der Waals surface area contributed by atoms with Crippen LogP contribution < -0.4 is 10.1 Å². The van der Waals surface area contributed by atoms with Gasteiger partial charge in [0, 0.05) is 14.5 Å². The Balaban J connectivity index is 1.71. The van der Waals surface area contributed by atoms with E-state index in [1.807, 2.05) is 26.0 Å². The maximum Gasteiger partial charge on any atom is 0.129 e. The molecule has 4 rings (SSSR count). The van der Waals surface area contributed by atoms with Crippen LogP contribution in [0.4, 0.5) is 0 Å². The van der Waals surface area contributed by atoms with E-state index < -0.39 is 0 Å². The molecule has 29 heavy (non-hydrogen) atoms. The van der Waals surface area contributed by atoms with Crippen molar-refractivity contribution in [1.29, 1.82) is 0 Å². The fourth-order valence-corrected chi connectivity index (χ4v) is 4.02. The van der Waals surface area contributed by atoms with Crippen LogP contribution in [-0.2, 0) is 0 Å². The minimum absolute atomic E-state index is 0.00560. The van der Waals surface area contributed by atoms with Gasteiger partial charge < -0.3 is 10.1 Å². The van der Waals surface area contributed by atoms with Crippen LogP contribution in [0.2, 0.25) is 0 Å². The zero-order valence-corrected chi connectivity index (χ0v) is 19.4. The monoisotopic (exact) mass is 512 g/mol. The first-order valence-electron chi connectivity index (χ1n) is 9.62. The van der Waals surface area contributed by atoms with E-state index in [-0.39, 0.29) is 18.2 Å². The number of benzene rings is 3. The summed E-state index contributed by atoms with van der Waals surface area (Å²) in [7, 11) is 0. The van der Waals surface area contributed by atoms with Crippen LogP contribution in [0.5, 0.6) is 5.75 Å². The number of aliphatic imine (C=N–C) groups is 1. The van der Waals surface area contributed by atoms with E-state index >= 15 is 0 Å². The van der Waals surface area contributed by atoms with Crippen molar-refractivity contribution in [2.24, 2.45) is 4.99 Å². The summed E-state index contributed by atoms with van der Waals surface area (Å²) in [6.07, 6.45) is 0.134. The molecule has 1 N–H and O–H groups in total. The van der Waals surface area contributed by atoms with Gasteiger partial charge in [-0.3, -0.25) is 4.99 Å². The number of hydrogen-bond acceptors (Lipinski definition) is 3. The van der Waals surface area contributed by atoms with Gasteiger partial charge in [-0.1, -0.05) is 68.3 Å². The number of rotatable bonds is 5. The van der Waals surface area contributed by atoms with Gasteiger partial charge in [-0.25, -0.2) is 0 Å². The first-order valence-corrected chi connectivity index (χ1v) is 11.2. The van der Waals surface area contributed by atoms with Gasteiger partial charge in [0.25, 0.3) is 0 Å². The molecule has 148 valence electrons. The molecule has 0 fully saturated rings. The molecule has 1 aliphatic heterocycles. The van der Waals surface area contributed by atoms with E-state index in [4.69, 9.17) is 9.73 Å². The molecule has 0 saturated carbocycles. The highest BCUT2D eigenvalue weighted by Gasteiger charge is 2.31. The predicted octanol–water partition coefficient (Wildman–Crippen LogP) is 6.83. The van der Waals surface area contributed by atoms with Crippen LogP contribution in [0, 0.1) is 0 Å². The van der Waals surface area contributed by atoms with E-state index in [1.54, 1.807) is 0 Å². The molecule has 1 aliphatic rings. The molecule has 0 radical (unpaired) electrons. The first-order chi connectivity index (χ1) is 14.0. The number of amidine groups is 1. The Morgan fingerprint density at radius 3 is 2.10 bits per heavy atom. The number of hydrogen-bond donors (Lipinski definition) is 1. The van der Waals surface area contributed by atoms with E-state index in [1.165, 1.54) is 11.1 Å². The summed E-state index contributed by atoms with van der Waals surface area (Å²) < 4.78 is 8.00. The molecule has 0 aliphatic carbocycles. The third-order valence-electron chi connectivity index (χ3n) is 4.80. The van der Waals surface area contributed by atoms with Gasteiger partial charge in [-0.15, -0.1) is 0 Å². The minimum Gasteiger partial charge on any atom is -0.491 e. The standard InChI is InChI=1S/C24H22Br2N2O/c1-15(2)29-21-5-3-4-18(14-21)24-27-22(16-6-10-19(25)11-7-16)23(28-24)17-8-12-20(26)13-9-17/h3-15,22-23H,1-2H3,(H,27,28). The number of ether oxygens (including phenoxy) is 1. The summed E-state index contributed by atoms with van der Waals surface area (Å²) in [4.78, 5) is 5.08. The van der Waals surface area contributed by atoms with Crippen molar-refractivity contribution in [1.82, 2.24) is 5.32 Å². The Bertz CT molecular complexity index is 1010. The van der Waals surface area contributed by atoms with Gasteiger partial charge >= 0.3 is 0 Å². The normalized spacial score (nSPS) is 18.4. The third kappa shape index (κ3) is 4.73. The van der Waals surface area contributed by atoms with Crippen molar-refractivity contribution in [2.45, 2.75) is 32.0 Å². The molecule has 0 spiro atoms. The van der Waals surface area contributed by atoms with E-state index in [0.29, 0.717) is 0 Å². The SMILES string of the molecule is CC(C)Oc1cccc(C2=NC(c3ccc(Br)cc3)C(c3ccc(Br)cc3)N2)c1. The van der Waals surface area contributed by atoms with Crippen LogP contribution in [0.15, 0.2) is 86.7 Å². The van der Waals surface area contributed by atoms with Gasteiger partial charge in [0.1, 0.15) is 17.6 Å². The molecular weight excluding hydrogens is 492 g/mol. The highest BCUT2D eigenvalue weighted by molar-refractivity contribution is 9.10. The Kier molecular flexibility index (Phi) is 6.07. The second-order valence-corrected chi connectivity index (χ2v) is 9.17. The lowest BCUT2D eigenvalue weighted by Crippen LogP contribution is -2.25. The average Bonchev–Trinajstić information content (AvgIpc) is 3.14. The van der Waals surface area contributed by atoms with Crippen LogP contribution >= 0.6 is 31.9 Å². The largest absolute Gasteiger partial charge is 0.491 e. The fraction of sp³-hybridized carbons (Fsp3) is 0.208. The topological polar surface area (TPSA) is 33.6 Å². The molecule has 3 aromatic carbocycles. The van der Waals surface area contributed by atoms with Crippen molar-refractivity contribution >= 4 is 37.7 Å². The zero-order valence-electron chi connectivity index (χ0n) is 16.3. The third-order valence-corrected chi connectivity index (χ3v) is 5.85. The summed E-state index contributed by atoms with van der Waals surface area (Å²) in [5.41, 5.74) is 3.41. The highest BCUT2D eigenvalue weighted by Crippen LogP contribution is 2.38. The second kappa shape index (κ2) is 8.72. The van der Waals surface area contributed by atoms with Crippen LogP contribution in [-0.4, -0.2) is 11.9 Å². The molecule has 0 saturated heterocycles. The quantitative estimate of drug-likeness (QED) is 0.405. The maximum absolute atomic E-state index is 5.87. The van der Waals surface area contributed by atoms with Crippen molar-refractivity contribution < 1.29 is 4.74 Å². The molecule has 2 atom stereocenters. The van der Waals surface area contributed by atoms with Gasteiger partial charge in [0.2, 0.25) is 0 Å². The van der Waals surface area contributed by atoms with Crippen molar-refractivity contribution in [3.8, 4) is 5.75 Å². The zero-order chi connectivity index (χ0) is 20.4. The molecule has 0 bridgehead atoms.